The van der Waals surface area contributed by atoms with Crippen LogP contribution in [0.25, 0.3) is 0 Å². The summed E-state index contributed by atoms with van der Waals surface area (Å²) in [5.41, 5.74) is 1.35. The summed E-state index contributed by atoms with van der Waals surface area (Å²) in [7, 11) is 0. The number of H-pyrrole nitrogens is 1. The van der Waals surface area contributed by atoms with E-state index in [1.54, 1.807) is 0 Å². The lowest BCUT2D eigenvalue weighted by Crippen LogP contribution is -2.38. The second-order valence-electron chi connectivity index (χ2n) is 7.43. The predicted octanol–water partition coefficient (Wildman–Crippen LogP) is 2.13. The van der Waals surface area contributed by atoms with Crippen molar-refractivity contribution < 1.29 is 9.26 Å². The van der Waals surface area contributed by atoms with Crippen molar-refractivity contribution >= 4 is 5.95 Å². The highest BCUT2D eigenvalue weighted by molar-refractivity contribution is 5.33. The molecule has 1 N–H and O–H groups in total. The highest BCUT2D eigenvalue weighted by Gasteiger charge is 2.21. The largest absolute Gasteiger partial charge is 0.378 e. The molecule has 4 rings (SSSR count). The molecule has 146 valence electrons. The highest BCUT2D eigenvalue weighted by Crippen LogP contribution is 2.30. The summed E-state index contributed by atoms with van der Waals surface area (Å²) in [6.45, 7) is 4.69. The first-order chi connectivity index (χ1) is 13.2. The molecular formula is C19H27N5O3. The summed E-state index contributed by atoms with van der Waals surface area (Å²) in [5.74, 6) is 2.49. The van der Waals surface area contributed by atoms with Crippen LogP contribution in [0.3, 0.4) is 0 Å². The van der Waals surface area contributed by atoms with Gasteiger partial charge in [0, 0.05) is 36.7 Å². The van der Waals surface area contributed by atoms with Gasteiger partial charge >= 0.3 is 0 Å². The topological polar surface area (TPSA) is 97.1 Å². The lowest BCUT2D eigenvalue weighted by Gasteiger charge is -2.27. The molecule has 0 atom stereocenters. The number of rotatable bonds is 5. The Balaban J connectivity index is 1.42. The Bertz CT molecular complexity index is 819. The second kappa shape index (κ2) is 8.21. The van der Waals surface area contributed by atoms with Gasteiger partial charge in [0.15, 0.2) is 5.82 Å². The second-order valence-corrected chi connectivity index (χ2v) is 7.43. The first kappa shape index (κ1) is 18.2. The summed E-state index contributed by atoms with van der Waals surface area (Å²) < 4.78 is 10.8. The van der Waals surface area contributed by atoms with E-state index in [2.05, 4.69) is 25.0 Å². The minimum atomic E-state index is -0.0870. The van der Waals surface area contributed by atoms with Gasteiger partial charge < -0.3 is 14.2 Å². The summed E-state index contributed by atoms with van der Waals surface area (Å²) in [5, 5.41) is 4.17. The summed E-state index contributed by atoms with van der Waals surface area (Å²) in [6, 6.07) is 0. The number of aryl methyl sites for hydroxylation is 2. The molecule has 1 saturated carbocycles. The number of hydrogen-bond donors (Lipinski definition) is 1. The molecule has 27 heavy (non-hydrogen) atoms. The van der Waals surface area contributed by atoms with Crippen molar-refractivity contribution in [3.63, 3.8) is 0 Å². The molecule has 8 nitrogen and oxygen atoms in total. The number of hydrogen-bond acceptors (Lipinski definition) is 7. The van der Waals surface area contributed by atoms with Crippen molar-refractivity contribution in [1.82, 2.24) is 20.1 Å². The lowest BCUT2D eigenvalue weighted by molar-refractivity contribution is 0.122. The van der Waals surface area contributed by atoms with Crippen molar-refractivity contribution in [3.05, 3.63) is 33.3 Å². The van der Waals surface area contributed by atoms with E-state index in [0.717, 1.165) is 37.4 Å². The summed E-state index contributed by atoms with van der Waals surface area (Å²) in [6.07, 6.45) is 7.17. The van der Waals surface area contributed by atoms with Gasteiger partial charge in [-0.15, -0.1) is 0 Å². The zero-order valence-electron chi connectivity index (χ0n) is 15.9. The maximum Gasteiger partial charge on any atom is 0.255 e. The first-order valence-corrected chi connectivity index (χ1v) is 9.95. The van der Waals surface area contributed by atoms with Gasteiger partial charge in [-0.3, -0.25) is 9.78 Å². The van der Waals surface area contributed by atoms with Gasteiger partial charge in [-0.05, 0) is 26.2 Å². The van der Waals surface area contributed by atoms with Crippen LogP contribution in [-0.4, -0.2) is 46.4 Å². The van der Waals surface area contributed by atoms with Crippen LogP contribution in [0.4, 0.5) is 5.95 Å². The standard InChI is InChI=1S/C19H27N5O3/c1-13-15(18(25)22-19(20-13)24-9-11-26-12-10-24)7-8-16-21-17(23-27-16)14-5-3-2-4-6-14/h14H,2-12H2,1H3,(H,20,22,25). The number of aromatic nitrogens is 4. The normalized spacial score (nSPS) is 18.8. The number of nitrogens with zero attached hydrogens (tertiary/aromatic N) is 4. The number of ether oxygens (including phenoxy) is 1. The summed E-state index contributed by atoms with van der Waals surface area (Å²) in [4.78, 5) is 26.7. The smallest absolute Gasteiger partial charge is 0.255 e. The molecule has 0 bridgehead atoms. The van der Waals surface area contributed by atoms with E-state index >= 15 is 0 Å². The third-order valence-electron chi connectivity index (χ3n) is 5.56. The Morgan fingerprint density at radius 3 is 2.63 bits per heavy atom. The molecule has 2 aromatic heterocycles. The average Bonchev–Trinajstić information content (AvgIpc) is 3.18. The molecule has 0 aromatic carbocycles. The third-order valence-corrected chi connectivity index (χ3v) is 5.56. The van der Waals surface area contributed by atoms with Crippen molar-refractivity contribution in [2.24, 2.45) is 0 Å². The monoisotopic (exact) mass is 373 g/mol. The van der Waals surface area contributed by atoms with Crippen LogP contribution in [-0.2, 0) is 17.6 Å². The Hall–Kier alpha value is -2.22. The molecule has 0 unspecified atom stereocenters. The zero-order valence-corrected chi connectivity index (χ0v) is 15.9. The fourth-order valence-corrected chi connectivity index (χ4v) is 3.94. The third kappa shape index (κ3) is 4.21. The lowest BCUT2D eigenvalue weighted by atomic mass is 9.89. The molecule has 2 aliphatic rings. The summed E-state index contributed by atoms with van der Waals surface area (Å²) >= 11 is 0. The van der Waals surface area contributed by atoms with Crippen LogP contribution < -0.4 is 10.5 Å². The average molecular weight is 373 g/mol. The first-order valence-electron chi connectivity index (χ1n) is 9.95. The van der Waals surface area contributed by atoms with E-state index in [-0.39, 0.29) is 5.56 Å². The van der Waals surface area contributed by atoms with Crippen LogP contribution in [0, 0.1) is 6.92 Å². The van der Waals surface area contributed by atoms with Gasteiger partial charge in [0.25, 0.3) is 5.56 Å². The molecule has 1 aliphatic carbocycles. The number of nitrogens with one attached hydrogen (secondary N) is 1. The minimum Gasteiger partial charge on any atom is -0.378 e. The maximum atomic E-state index is 12.6. The van der Waals surface area contributed by atoms with Crippen LogP contribution >= 0.6 is 0 Å². The molecule has 2 fully saturated rings. The number of anilines is 1. The zero-order chi connectivity index (χ0) is 18.6. The molecule has 3 heterocycles. The van der Waals surface area contributed by atoms with Gasteiger partial charge in [-0.1, -0.05) is 24.4 Å². The van der Waals surface area contributed by atoms with Gasteiger partial charge in [-0.2, -0.15) is 4.98 Å². The fraction of sp³-hybridized carbons (Fsp3) is 0.684. The Labute approximate surface area is 158 Å². The van der Waals surface area contributed by atoms with Crippen molar-refractivity contribution in [2.75, 3.05) is 31.2 Å². The van der Waals surface area contributed by atoms with E-state index in [1.165, 1.54) is 19.3 Å². The molecular weight excluding hydrogens is 346 g/mol. The van der Waals surface area contributed by atoms with Crippen molar-refractivity contribution in [1.29, 1.82) is 0 Å². The van der Waals surface area contributed by atoms with E-state index in [0.29, 0.717) is 49.4 Å². The molecule has 8 heteroatoms. The van der Waals surface area contributed by atoms with Crippen LogP contribution in [0.5, 0.6) is 0 Å². The van der Waals surface area contributed by atoms with Crippen molar-refractivity contribution in [3.8, 4) is 0 Å². The van der Waals surface area contributed by atoms with E-state index in [1.807, 2.05) is 6.92 Å². The van der Waals surface area contributed by atoms with Crippen molar-refractivity contribution in [2.45, 2.75) is 57.8 Å². The fourth-order valence-electron chi connectivity index (χ4n) is 3.94. The Morgan fingerprint density at radius 2 is 1.89 bits per heavy atom. The van der Waals surface area contributed by atoms with Crippen LogP contribution in [0.1, 0.15) is 61.0 Å². The molecule has 0 spiro atoms. The highest BCUT2D eigenvalue weighted by atomic mass is 16.5. The Kier molecular flexibility index (Phi) is 5.52. The van der Waals surface area contributed by atoms with Gasteiger partial charge in [0.1, 0.15) is 0 Å². The molecule has 0 amide bonds. The van der Waals surface area contributed by atoms with Crippen LogP contribution in [0.15, 0.2) is 9.32 Å². The minimum absolute atomic E-state index is 0.0870. The van der Waals surface area contributed by atoms with Gasteiger partial charge in [-0.25, -0.2) is 4.98 Å². The van der Waals surface area contributed by atoms with E-state index in [9.17, 15) is 4.79 Å². The molecule has 2 aromatic rings. The quantitative estimate of drug-likeness (QED) is 0.857. The van der Waals surface area contributed by atoms with Gasteiger partial charge in [0.05, 0.1) is 13.2 Å². The van der Waals surface area contributed by atoms with Gasteiger partial charge in [0.2, 0.25) is 11.8 Å². The molecule has 1 aliphatic heterocycles. The maximum absolute atomic E-state index is 12.6. The molecule has 0 radical (unpaired) electrons. The predicted molar refractivity (Wildman–Crippen MR) is 100 cm³/mol. The van der Waals surface area contributed by atoms with E-state index < -0.39 is 0 Å². The Morgan fingerprint density at radius 1 is 1.11 bits per heavy atom. The molecule has 1 saturated heterocycles. The SMILES string of the molecule is Cc1nc(N2CCOCC2)[nH]c(=O)c1CCc1nc(C2CCCCC2)no1. The number of morpholine rings is 1. The van der Waals surface area contributed by atoms with Crippen LogP contribution in [0.2, 0.25) is 0 Å². The number of aromatic amines is 1. The van der Waals surface area contributed by atoms with E-state index in [4.69, 9.17) is 9.26 Å².